The van der Waals surface area contributed by atoms with Gasteiger partial charge in [-0.2, -0.15) is 0 Å². The van der Waals surface area contributed by atoms with E-state index < -0.39 is 23.5 Å². The molecule has 0 saturated carbocycles. The first kappa shape index (κ1) is 14.4. The number of rotatable bonds is 5. The van der Waals surface area contributed by atoms with Gasteiger partial charge in [0, 0.05) is 19.2 Å². The molecule has 1 unspecified atom stereocenters. The van der Waals surface area contributed by atoms with E-state index in [-0.39, 0.29) is 12.3 Å². The Morgan fingerprint density at radius 1 is 1.10 bits per heavy atom. The van der Waals surface area contributed by atoms with Gasteiger partial charge in [0.05, 0.1) is 18.3 Å². The van der Waals surface area contributed by atoms with Gasteiger partial charge in [-0.3, -0.25) is 0 Å². The summed E-state index contributed by atoms with van der Waals surface area (Å²) in [7, 11) is 1.50. The largest absolute Gasteiger partial charge is 0.382 e. The Morgan fingerprint density at radius 2 is 1.80 bits per heavy atom. The average Bonchev–Trinajstić information content (AvgIpc) is 2.44. The Kier molecular flexibility index (Phi) is 4.63. The van der Waals surface area contributed by atoms with Crippen molar-refractivity contribution in [1.82, 2.24) is 0 Å². The molecule has 1 atom stereocenters. The predicted molar refractivity (Wildman–Crippen MR) is 71.0 cm³/mol. The highest BCUT2D eigenvalue weighted by Gasteiger charge is 2.16. The minimum absolute atomic E-state index is 0.228. The van der Waals surface area contributed by atoms with Crippen LogP contribution in [0.1, 0.15) is 11.6 Å². The number of nitrogens with one attached hydrogen (secondary N) is 1. The normalized spacial score (nSPS) is 12.2. The highest BCUT2D eigenvalue weighted by molar-refractivity contribution is 5.47. The molecule has 0 bridgehead atoms. The quantitative estimate of drug-likeness (QED) is 0.839. The van der Waals surface area contributed by atoms with Crippen molar-refractivity contribution in [3.8, 4) is 0 Å². The van der Waals surface area contributed by atoms with Crippen LogP contribution in [0.2, 0.25) is 0 Å². The van der Waals surface area contributed by atoms with Crippen LogP contribution >= 0.6 is 0 Å². The standard InChI is InChI=1S/C15H14F3NO/c1-20-9-14(10-5-3-2-4-6-10)19-13-8-11(16)7-12(17)15(13)18/h2-8,14,19H,9H2,1H3. The van der Waals surface area contributed by atoms with Gasteiger partial charge in [-0.25, -0.2) is 13.2 Å². The van der Waals surface area contributed by atoms with Crippen LogP contribution < -0.4 is 5.32 Å². The second-order valence-corrected chi connectivity index (χ2v) is 4.31. The molecule has 20 heavy (non-hydrogen) atoms. The van der Waals surface area contributed by atoms with Crippen molar-refractivity contribution in [2.45, 2.75) is 6.04 Å². The van der Waals surface area contributed by atoms with Gasteiger partial charge in [0.1, 0.15) is 5.82 Å². The minimum atomic E-state index is -1.23. The molecule has 2 aromatic carbocycles. The molecule has 0 spiro atoms. The predicted octanol–water partition coefficient (Wildman–Crippen LogP) is 3.90. The Labute approximate surface area is 115 Å². The molecule has 0 aliphatic rings. The van der Waals surface area contributed by atoms with E-state index in [1.807, 2.05) is 30.3 Å². The number of ether oxygens (including phenoxy) is 1. The third-order valence-corrected chi connectivity index (χ3v) is 2.86. The molecule has 0 aliphatic carbocycles. The van der Waals surface area contributed by atoms with Crippen molar-refractivity contribution in [3.63, 3.8) is 0 Å². The lowest BCUT2D eigenvalue weighted by Gasteiger charge is -2.20. The molecule has 0 aromatic heterocycles. The molecule has 2 rings (SSSR count). The number of anilines is 1. The van der Waals surface area contributed by atoms with Crippen molar-refractivity contribution in [2.24, 2.45) is 0 Å². The summed E-state index contributed by atoms with van der Waals surface area (Å²) in [5, 5.41) is 2.77. The summed E-state index contributed by atoms with van der Waals surface area (Å²) in [6.07, 6.45) is 0. The smallest absolute Gasteiger partial charge is 0.182 e. The topological polar surface area (TPSA) is 21.3 Å². The number of methoxy groups -OCH3 is 1. The number of hydrogen-bond donors (Lipinski definition) is 1. The van der Waals surface area contributed by atoms with Gasteiger partial charge in [0.2, 0.25) is 0 Å². The summed E-state index contributed by atoms with van der Waals surface area (Å²) in [4.78, 5) is 0. The summed E-state index contributed by atoms with van der Waals surface area (Å²) in [5.74, 6) is -3.17. The molecule has 1 N–H and O–H groups in total. The second kappa shape index (κ2) is 6.43. The monoisotopic (exact) mass is 281 g/mol. The maximum absolute atomic E-state index is 13.7. The zero-order valence-corrected chi connectivity index (χ0v) is 10.9. The lowest BCUT2D eigenvalue weighted by atomic mass is 10.1. The van der Waals surface area contributed by atoms with E-state index in [0.717, 1.165) is 11.6 Å². The molecular weight excluding hydrogens is 267 g/mol. The van der Waals surface area contributed by atoms with Crippen LogP contribution in [0.25, 0.3) is 0 Å². The van der Waals surface area contributed by atoms with Gasteiger partial charge < -0.3 is 10.1 Å². The SMILES string of the molecule is COCC(Nc1cc(F)cc(F)c1F)c1ccccc1. The molecule has 0 aliphatic heterocycles. The fraction of sp³-hybridized carbons (Fsp3) is 0.200. The third kappa shape index (κ3) is 3.30. The van der Waals surface area contributed by atoms with Gasteiger partial charge >= 0.3 is 0 Å². The summed E-state index contributed by atoms with van der Waals surface area (Å²) in [6.45, 7) is 0.238. The summed E-state index contributed by atoms with van der Waals surface area (Å²) in [5.41, 5.74) is 0.604. The highest BCUT2D eigenvalue weighted by Crippen LogP contribution is 2.24. The Hall–Kier alpha value is -2.01. The first-order valence-electron chi connectivity index (χ1n) is 6.06. The van der Waals surface area contributed by atoms with Crippen LogP contribution in [0.3, 0.4) is 0 Å². The van der Waals surface area contributed by atoms with Crippen LogP contribution in [-0.2, 0) is 4.74 Å². The molecule has 106 valence electrons. The van der Waals surface area contributed by atoms with Crippen molar-refractivity contribution in [3.05, 3.63) is 65.5 Å². The van der Waals surface area contributed by atoms with Crippen molar-refractivity contribution in [2.75, 3.05) is 19.0 Å². The van der Waals surface area contributed by atoms with E-state index in [1.54, 1.807) is 0 Å². The minimum Gasteiger partial charge on any atom is -0.382 e. The summed E-state index contributed by atoms with van der Waals surface area (Å²) in [6, 6.07) is 10.2. The van der Waals surface area contributed by atoms with Crippen LogP contribution in [-0.4, -0.2) is 13.7 Å². The summed E-state index contributed by atoms with van der Waals surface area (Å²) >= 11 is 0. The maximum atomic E-state index is 13.7. The highest BCUT2D eigenvalue weighted by atomic mass is 19.2. The van der Waals surface area contributed by atoms with Crippen LogP contribution in [0.5, 0.6) is 0 Å². The fourth-order valence-electron chi connectivity index (χ4n) is 1.92. The van der Waals surface area contributed by atoms with Crippen molar-refractivity contribution < 1.29 is 17.9 Å². The van der Waals surface area contributed by atoms with Crippen LogP contribution in [0, 0.1) is 17.5 Å². The Balaban J connectivity index is 2.29. The first-order valence-corrected chi connectivity index (χ1v) is 6.06. The first-order chi connectivity index (χ1) is 9.61. The van der Waals surface area contributed by atoms with Gasteiger partial charge in [-0.05, 0) is 5.56 Å². The Morgan fingerprint density at radius 3 is 2.45 bits per heavy atom. The van der Waals surface area contributed by atoms with E-state index in [4.69, 9.17) is 4.74 Å². The van der Waals surface area contributed by atoms with E-state index in [1.165, 1.54) is 7.11 Å². The number of hydrogen-bond acceptors (Lipinski definition) is 2. The van der Waals surface area contributed by atoms with Gasteiger partial charge in [-0.15, -0.1) is 0 Å². The fourth-order valence-corrected chi connectivity index (χ4v) is 1.92. The zero-order chi connectivity index (χ0) is 14.5. The van der Waals surface area contributed by atoms with E-state index >= 15 is 0 Å². The molecular formula is C15H14F3NO. The maximum Gasteiger partial charge on any atom is 0.182 e. The van der Waals surface area contributed by atoms with Crippen molar-refractivity contribution in [1.29, 1.82) is 0 Å². The number of benzene rings is 2. The van der Waals surface area contributed by atoms with Gasteiger partial charge in [0.15, 0.2) is 11.6 Å². The molecule has 0 fully saturated rings. The van der Waals surface area contributed by atoms with Gasteiger partial charge in [0.25, 0.3) is 0 Å². The molecule has 0 amide bonds. The van der Waals surface area contributed by atoms with Gasteiger partial charge in [-0.1, -0.05) is 30.3 Å². The Bertz CT molecular complexity index is 575. The third-order valence-electron chi connectivity index (χ3n) is 2.86. The molecule has 5 heteroatoms. The summed E-state index contributed by atoms with van der Waals surface area (Å²) < 4.78 is 45.1. The molecule has 2 nitrogen and oxygen atoms in total. The van der Waals surface area contributed by atoms with Crippen molar-refractivity contribution >= 4 is 5.69 Å². The lowest BCUT2D eigenvalue weighted by Crippen LogP contribution is -2.17. The van der Waals surface area contributed by atoms with E-state index in [9.17, 15) is 13.2 Å². The van der Waals surface area contributed by atoms with Crippen LogP contribution in [0.15, 0.2) is 42.5 Å². The van der Waals surface area contributed by atoms with E-state index in [0.29, 0.717) is 6.07 Å². The lowest BCUT2D eigenvalue weighted by molar-refractivity contribution is 0.186. The molecule has 0 radical (unpaired) electrons. The molecule has 0 saturated heterocycles. The van der Waals surface area contributed by atoms with Crippen LogP contribution in [0.4, 0.5) is 18.9 Å². The second-order valence-electron chi connectivity index (χ2n) is 4.31. The van der Waals surface area contributed by atoms with E-state index in [2.05, 4.69) is 5.32 Å². The average molecular weight is 281 g/mol. The molecule has 0 heterocycles. The molecule has 2 aromatic rings. The zero-order valence-electron chi connectivity index (χ0n) is 10.9. The number of halogens is 3.